The molecule has 1 nitrogen and oxygen atoms in total. The molecular weight excluding hydrogens is 506 g/mol. The average Bonchev–Trinajstić information content (AvgIpc) is 3.05. The minimum atomic E-state index is 0.951. The van der Waals surface area contributed by atoms with Gasteiger partial charge in [-0.05, 0) is 144 Å². The molecule has 1 aromatic heterocycles. The van der Waals surface area contributed by atoms with Crippen LogP contribution in [-0.4, -0.2) is 4.98 Å². The van der Waals surface area contributed by atoms with Gasteiger partial charge in [-0.25, -0.2) is 0 Å². The molecule has 0 bridgehead atoms. The van der Waals surface area contributed by atoms with Crippen molar-refractivity contribution in [2.45, 2.75) is 41.0 Å². The number of rotatable bonds is 6. The Morgan fingerprint density at radius 3 is 1.33 bits per heavy atom. The summed E-state index contributed by atoms with van der Waals surface area (Å²) in [4.78, 5) is 4.54. The van der Waals surface area contributed by atoms with E-state index in [9.17, 15) is 0 Å². The molecule has 0 amide bonds. The lowest BCUT2D eigenvalue weighted by molar-refractivity contribution is 1.06. The Labute approximate surface area is 250 Å². The van der Waals surface area contributed by atoms with Crippen LogP contribution >= 0.6 is 0 Å². The van der Waals surface area contributed by atoms with Gasteiger partial charge in [0.2, 0.25) is 0 Å². The molecule has 6 aromatic rings. The van der Waals surface area contributed by atoms with Crippen molar-refractivity contribution < 1.29 is 0 Å². The van der Waals surface area contributed by atoms with E-state index in [0.717, 1.165) is 17.7 Å². The smallest absolute Gasteiger partial charge is 0.0702 e. The average molecular weight is 544 g/mol. The summed E-state index contributed by atoms with van der Waals surface area (Å²) in [7, 11) is 0. The molecular formula is C41H37N. The fourth-order valence-corrected chi connectivity index (χ4v) is 6.06. The lowest BCUT2D eigenvalue weighted by atomic mass is 9.86. The highest BCUT2D eigenvalue weighted by molar-refractivity contribution is 5.78. The molecule has 0 aliphatic carbocycles. The van der Waals surface area contributed by atoms with Gasteiger partial charge in [-0.3, -0.25) is 4.98 Å². The Morgan fingerprint density at radius 1 is 0.405 bits per heavy atom. The van der Waals surface area contributed by atoms with Gasteiger partial charge in [0.15, 0.2) is 0 Å². The van der Waals surface area contributed by atoms with Crippen LogP contribution in [0, 0.1) is 34.6 Å². The van der Waals surface area contributed by atoms with Crippen molar-refractivity contribution in [3.8, 4) is 44.6 Å². The van der Waals surface area contributed by atoms with Gasteiger partial charge in [-0.1, -0.05) is 84.9 Å². The van der Waals surface area contributed by atoms with Crippen molar-refractivity contribution in [2.75, 3.05) is 0 Å². The third-order valence-electron chi connectivity index (χ3n) is 9.01. The standard InChI is InChI=1S/C41H37N/c1-27-28(2)30(4)40(31(5)29(27)3)23-32-12-8-13-33(22-32)34-14-9-15-35(24-34)36-16-10-17-37(25-36)38-18-11-19-39(26-38)41-20-6-7-21-42-41/h6-22,24-26H,23H2,1-5H3. The summed E-state index contributed by atoms with van der Waals surface area (Å²) in [5.41, 5.74) is 19.4. The van der Waals surface area contributed by atoms with E-state index >= 15 is 0 Å². The van der Waals surface area contributed by atoms with E-state index in [1.807, 2.05) is 18.3 Å². The van der Waals surface area contributed by atoms with Crippen molar-refractivity contribution in [1.29, 1.82) is 0 Å². The Morgan fingerprint density at radius 2 is 0.833 bits per heavy atom. The van der Waals surface area contributed by atoms with E-state index in [-0.39, 0.29) is 0 Å². The first kappa shape index (κ1) is 27.4. The van der Waals surface area contributed by atoms with Crippen LogP contribution < -0.4 is 0 Å². The Kier molecular flexibility index (Phi) is 7.59. The number of hydrogen-bond acceptors (Lipinski definition) is 1. The molecule has 0 N–H and O–H groups in total. The molecule has 6 rings (SSSR count). The lowest BCUT2D eigenvalue weighted by Gasteiger charge is -2.19. The first-order valence-electron chi connectivity index (χ1n) is 14.8. The van der Waals surface area contributed by atoms with Crippen LogP contribution in [0.15, 0.2) is 121 Å². The molecule has 0 saturated heterocycles. The van der Waals surface area contributed by atoms with Gasteiger partial charge in [0.05, 0.1) is 5.69 Å². The van der Waals surface area contributed by atoms with Crippen molar-refractivity contribution in [3.05, 3.63) is 160 Å². The van der Waals surface area contributed by atoms with E-state index in [4.69, 9.17) is 0 Å². The van der Waals surface area contributed by atoms with Gasteiger partial charge in [0.25, 0.3) is 0 Å². The molecule has 0 aliphatic rings. The summed E-state index contributed by atoms with van der Waals surface area (Å²) < 4.78 is 0. The number of hydrogen-bond donors (Lipinski definition) is 0. The highest BCUT2D eigenvalue weighted by Gasteiger charge is 2.13. The van der Waals surface area contributed by atoms with Crippen LogP contribution in [0.3, 0.4) is 0 Å². The van der Waals surface area contributed by atoms with Gasteiger partial charge in [0, 0.05) is 11.8 Å². The first-order valence-corrected chi connectivity index (χ1v) is 14.8. The van der Waals surface area contributed by atoms with Crippen LogP contribution in [0.2, 0.25) is 0 Å². The lowest BCUT2D eigenvalue weighted by Crippen LogP contribution is -2.03. The van der Waals surface area contributed by atoms with Gasteiger partial charge >= 0.3 is 0 Å². The van der Waals surface area contributed by atoms with E-state index < -0.39 is 0 Å². The van der Waals surface area contributed by atoms with Crippen LogP contribution in [0.4, 0.5) is 0 Å². The molecule has 0 saturated carbocycles. The van der Waals surface area contributed by atoms with Gasteiger partial charge in [-0.15, -0.1) is 0 Å². The zero-order chi connectivity index (χ0) is 29.2. The Bertz CT molecular complexity index is 1870. The summed E-state index contributed by atoms with van der Waals surface area (Å²) in [6, 6.07) is 41.5. The quantitative estimate of drug-likeness (QED) is 0.204. The number of benzene rings is 5. The molecule has 0 spiro atoms. The molecule has 206 valence electrons. The summed E-state index contributed by atoms with van der Waals surface area (Å²) in [6.45, 7) is 11.3. The summed E-state index contributed by atoms with van der Waals surface area (Å²) in [6.07, 6.45) is 2.80. The number of nitrogens with zero attached hydrogens (tertiary/aromatic N) is 1. The largest absolute Gasteiger partial charge is 0.256 e. The molecule has 0 fully saturated rings. The van der Waals surface area contributed by atoms with E-state index in [1.165, 1.54) is 72.3 Å². The molecule has 0 aliphatic heterocycles. The topological polar surface area (TPSA) is 12.9 Å². The maximum atomic E-state index is 4.54. The second-order valence-corrected chi connectivity index (χ2v) is 11.4. The van der Waals surface area contributed by atoms with E-state index in [0.29, 0.717) is 0 Å². The molecule has 0 atom stereocenters. The molecule has 42 heavy (non-hydrogen) atoms. The zero-order valence-corrected chi connectivity index (χ0v) is 25.2. The third-order valence-corrected chi connectivity index (χ3v) is 9.01. The van der Waals surface area contributed by atoms with Crippen molar-refractivity contribution in [3.63, 3.8) is 0 Å². The molecule has 5 aromatic carbocycles. The van der Waals surface area contributed by atoms with Crippen LogP contribution in [-0.2, 0) is 6.42 Å². The van der Waals surface area contributed by atoms with Crippen molar-refractivity contribution in [2.24, 2.45) is 0 Å². The van der Waals surface area contributed by atoms with Crippen molar-refractivity contribution >= 4 is 0 Å². The summed E-state index contributed by atoms with van der Waals surface area (Å²) in [5, 5.41) is 0. The first-order chi connectivity index (χ1) is 20.4. The number of pyridine rings is 1. The van der Waals surface area contributed by atoms with Crippen LogP contribution in [0.5, 0.6) is 0 Å². The SMILES string of the molecule is Cc1c(C)c(C)c(Cc2cccc(-c3cccc(-c4cccc(-c5cccc(-c6ccccn6)c5)c4)c3)c2)c(C)c1C. The molecule has 1 heterocycles. The summed E-state index contributed by atoms with van der Waals surface area (Å²) >= 11 is 0. The maximum Gasteiger partial charge on any atom is 0.0702 e. The minimum Gasteiger partial charge on any atom is -0.256 e. The monoisotopic (exact) mass is 543 g/mol. The van der Waals surface area contributed by atoms with E-state index in [2.05, 4.69) is 143 Å². The molecule has 1 heteroatoms. The molecule has 0 unspecified atom stereocenters. The van der Waals surface area contributed by atoms with Gasteiger partial charge in [-0.2, -0.15) is 0 Å². The Balaban J connectivity index is 1.30. The predicted molar refractivity (Wildman–Crippen MR) is 179 cm³/mol. The molecule has 0 radical (unpaired) electrons. The van der Waals surface area contributed by atoms with Gasteiger partial charge < -0.3 is 0 Å². The second-order valence-electron chi connectivity index (χ2n) is 11.4. The normalized spacial score (nSPS) is 11.1. The highest BCUT2D eigenvalue weighted by Crippen LogP contribution is 2.33. The Hall–Kier alpha value is -4.75. The minimum absolute atomic E-state index is 0.951. The van der Waals surface area contributed by atoms with Crippen LogP contribution in [0.25, 0.3) is 44.6 Å². The fraction of sp³-hybridized carbons (Fsp3) is 0.146. The van der Waals surface area contributed by atoms with Crippen LogP contribution in [0.1, 0.15) is 38.9 Å². The second kappa shape index (κ2) is 11.6. The fourth-order valence-electron chi connectivity index (χ4n) is 6.06. The third kappa shape index (κ3) is 5.43. The summed E-state index contributed by atoms with van der Waals surface area (Å²) in [5.74, 6) is 0. The van der Waals surface area contributed by atoms with E-state index in [1.54, 1.807) is 0 Å². The van der Waals surface area contributed by atoms with Crippen molar-refractivity contribution in [1.82, 2.24) is 4.98 Å². The zero-order valence-electron chi connectivity index (χ0n) is 25.2. The predicted octanol–water partition coefficient (Wildman–Crippen LogP) is 10.9. The highest BCUT2D eigenvalue weighted by atomic mass is 14.7. The number of aromatic nitrogens is 1. The maximum absolute atomic E-state index is 4.54. The van der Waals surface area contributed by atoms with Gasteiger partial charge in [0.1, 0.15) is 0 Å².